The molecular weight excluding hydrogens is 676 g/mol. The first-order valence-electron chi connectivity index (χ1n) is 17.8. The summed E-state index contributed by atoms with van der Waals surface area (Å²) in [6, 6.07) is 6.32. The molecule has 0 radical (unpaired) electrons. The summed E-state index contributed by atoms with van der Waals surface area (Å²) >= 11 is 0. The molecule has 51 heavy (non-hydrogen) atoms. The van der Waals surface area contributed by atoms with Crippen LogP contribution in [0.15, 0.2) is 42.5 Å². The van der Waals surface area contributed by atoms with Gasteiger partial charge in [0.05, 0.1) is 5.25 Å². The standard InChI is InChI=1S/C36H50N6O8S/c1-6-22(2)51(48,49)41-33(46)36-20-24(36)15-10-8-7-9-11-17-27(39-34(47)50-35(3,4)5)32(45)42-21-25(19-29(42)31(44)40-36)37-30(43)28-18-23-14-12-13-16-26(23)38-28/h10,12-16,18,22,24-25,27,29,38H,6-9,11,17,19-21H2,1-5H3,(H,37,43)(H,39,47)(H,40,44)(H,41,46)/b15-10-/t22?,24-,25-,27+,29+,36-/m1/s1. The van der Waals surface area contributed by atoms with Gasteiger partial charge in [0, 0.05) is 29.4 Å². The minimum absolute atomic E-state index is 0.0199. The van der Waals surface area contributed by atoms with Crippen molar-refractivity contribution in [3.05, 3.63) is 48.2 Å². The fraction of sp³-hybridized carbons (Fsp3) is 0.583. The minimum Gasteiger partial charge on any atom is -0.444 e. The predicted octanol–water partition coefficient (Wildman–Crippen LogP) is 3.40. The van der Waals surface area contributed by atoms with E-state index in [2.05, 4.69) is 25.7 Å². The molecule has 15 heteroatoms. The second-order valence-corrected chi connectivity index (χ2v) is 17.0. The zero-order valence-corrected chi connectivity index (χ0v) is 30.7. The Bertz CT molecular complexity index is 1770. The van der Waals surface area contributed by atoms with Crippen molar-refractivity contribution in [2.75, 3.05) is 6.54 Å². The average Bonchev–Trinajstić information content (AvgIpc) is 3.36. The molecule has 2 fully saturated rings. The summed E-state index contributed by atoms with van der Waals surface area (Å²) in [6.07, 6.45) is 6.58. The Balaban J connectivity index is 1.44. The summed E-state index contributed by atoms with van der Waals surface area (Å²) in [6.45, 7) is 8.30. The molecule has 2 aliphatic heterocycles. The van der Waals surface area contributed by atoms with Crippen LogP contribution in [0.4, 0.5) is 4.79 Å². The topological polar surface area (TPSA) is 196 Å². The smallest absolute Gasteiger partial charge is 0.408 e. The molecule has 1 aromatic carbocycles. The first-order chi connectivity index (χ1) is 24.0. The van der Waals surface area contributed by atoms with Crippen molar-refractivity contribution in [2.45, 2.75) is 121 Å². The van der Waals surface area contributed by atoms with Crippen molar-refractivity contribution in [1.29, 1.82) is 0 Å². The van der Waals surface area contributed by atoms with Crippen molar-refractivity contribution in [3.8, 4) is 0 Å². The molecule has 1 unspecified atom stereocenters. The monoisotopic (exact) mass is 726 g/mol. The highest BCUT2D eigenvalue weighted by Gasteiger charge is 2.61. The van der Waals surface area contributed by atoms with Gasteiger partial charge in [-0.05, 0) is 78.4 Å². The highest BCUT2D eigenvalue weighted by atomic mass is 32.2. The molecule has 6 atom stereocenters. The SMILES string of the molecule is CCC(C)S(=O)(=O)NC(=O)[C@@]12C[C@H]1/C=C\CCCCC[C@H](NC(=O)OC(C)(C)C)C(=O)N1C[C@H](NC(=O)c3cc4ccccc4[nH]3)C[C@H]1C(=O)N2. The lowest BCUT2D eigenvalue weighted by Crippen LogP contribution is -2.58. The summed E-state index contributed by atoms with van der Waals surface area (Å²) in [5.74, 6) is -2.90. The van der Waals surface area contributed by atoms with Gasteiger partial charge in [-0.2, -0.15) is 0 Å². The summed E-state index contributed by atoms with van der Waals surface area (Å²) in [4.78, 5) is 72.9. The third-order valence-electron chi connectivity index (χ3n) is 9.82. The molecule has 278 valence electrons. The van der Waals surface area contributed by atoms with Gasteiger partial charge < -0.3 is 30.6 Å². The number of para-hydroxylation sites is 1. The second-order valence-electron chi connectivity index (χ2n) is 14.9. The molecule has 1 aliphatic carbocycles. The van der Waals surface area contributed by atoms with E-state index in [1.807, 2.05) is 36.4 Å². The van der Waals surface area contributed by atoms with E-state index in [0.29, 0.717) is 25.0 Å². The van der Waals surface area contributed by atoms with Crippen LogP contribution in [-0.2, 0) is 29.1 Å². The van der Waals surface area contributed by atoms with Gasteiger partial charge in [-0.25, -0.2) is 13.2 Å². The van der Waals surface area contributed by atoms with Crippen molar-refractivity contribution in [1.82, 2.24) is 30.6 Å². The van der Waals surface area contributed by atoms with Crippen LogP contribution >= 0.6 is 0 Å². The molecule has 0 bridgehead atoms. The van der Waals surface area contributed by atoms with Crippen LogP contribution in [0.1, 0.15) is 96.5 Å². The van der Waals surface area contributed by atoms with Gasteiger partial charge in [0.25, 0.3) is 11.8 Å². The van der Waals surface area contributed by atoms with E-state index in [1.165, 1.54) is 11.8 Å². The number of nitrogens with one attached hydrogen (secondary N) is 5. The zero-order valence-electron chi connectivity index (χ0n) is 29.9. The molecule has 3 heterocycles. The van der Waals surface area contributed by atoms with E-state index in [1.54, 1.807) is 33.8 Å². The summed E-state index contributed by atoms with van der Waals surface area (Å²) < 4.78 is 33.5. The van der Waals surface area contributed by atoms with Gasteiger partial charge in [-0.15, -0.1) is 0 Å². The number of carbonyl (C=O) groups excluding carboxylic acids is 5. The van der Waals surface area contributed by atoms with Crippen molar-refractivity contribution in [2.24, 2.45) is 5.92 Å². The number of carbonyl (C=O) groups is 5. The zero-order chi connectivity index (χ0) is 37.1. The first kappa shape index (κ1) is 37.8. The van der Waals surface area contributed by atoms with Crippen LogP contribution in [-0.4, -0.2) is 89.1 Å². The van der Waals surface area contributed by atoms with Crippen LogP contribution in [0, 0.1) is 5.92 Å². The van der Waals surface area contributed by atoms with Gasteiger partial charge in [0.15, 0.2) is 0 Å². The normalized spacial score (nSPS) is 27.1. The summed E-state index contributed by atoms with van der Waals surface area (Å²) in [7, 11) is -4.01. The van der Waals surface area contributed by atoms with Gasteiger partial charge in [0.1, 0.15) is 28.9 Å². The molecule has 5 N–H and O–H groups in total. The van der Waals surface area contributed by atoms with Crippen LogP contribution in [0.25, 0.3) is 10.9 Å². The molecule has 3 aliphatic rings. The number of aromatic nitrogens is 1. The number of allylic oxidation sites excluding steroid dienone is 1. The highest BCUT2D eigenvalue weighted by molar-refractivity contribution is 7.90. The van der Waals surface area contributed by atoms with E-state index in [-0.39, 0.29) is 25.8 Å². The van der Waals surface area contributed by atoms with Gasteiger partial charge in [-0.1, -0.05) is 50.1 Å². The van der Waals surface area contributed by atoms with Crippen molar-refractivity contribution >= 4 is 50.6 Å². The maximum atomic E-state index is 14.3. The summed E-state index contributed by atoms with van der Waals surface area (Å²) in [5.41, 5.74) is -1.26. The minimum atomic E-state index is -4.01. The molecule has 1 saturated heterocycles. The number of benzene rings is 1. The number of nitrogens with zero attached hydrogens (tertiary/aromatic N) is 1. The molecule has 14 nitrogen and oxygen atoms in total. The fourth-order valence-corrected chi connectivity index (χ4v) is 7.75. The lowest BCUT2D eigenvalue weighted by atomic mass is 10.0. The quantitative estimate of drug-likeness (QED) is 0.268. The Hall–Kier alpha value is -4.40. The molecule has 2 aromatic rings. The van der Waals surface area contributed by atoms with Gasteiger partial charge >= 0.3 is 6.09 Å². The number of amides is 5. The third kappa shape index (κ3) is 8.92. The Labute approximate surface area is 298 Å². The van der Waals surface area contributed by atoms with E-state index < -0.39 is 80.2 Å². The molecule has 1 aromatic heterocycles. The summed E-state index contributed by atoms with van der Waals surface area (Å²) in [5, 5.41) is 8.49. The molecule has 5 amide bonds. The highest BCUT2D eigenvalue weighted by Crippen LogP contribution is 2.45. The maximum Gasteiger partial charge on any atom is 0.408 e. The molecular formula is C36H50N6O8S. The number of ether oxygens (including phenoxy) is 1. The number of aromatic amines is 1. The van der Waals surface area contributed by atoms with E-state index in [9.17, 15) is 32.4 Å². The third-order valence-corrected chi connectivity index (χ3v) is 11.7. The Morgan fingerprint density at radius 2 is 1.84 bits per heavy atom. The fourth-order valence-electron chi connectivity index (χ4n) is 6.67. The van der Waals surface area contributed by atoms with E-state index >= 15 is 0 Å². The maximum absolute atomic E-state index is 14.3. The molecule has 0 spiro atoms. The number of fused-ring (bicyclic) bond motifs is 3. The number of rotatable bonds is 7. The molecule has 5 rings (SSSR count). The largest absolute Gasteiger partial charge is 0.444 e. The van der Waals surface area contributed by atoms with Crippen molar-refractivity contribution in [3.63, 3.8) is 0 Å². The van der Waals surface area contributed by atoms with Crippen LogP contribution in [0.5, 0.6) is 0 Å². The van der Waals surface area contributed by atoms with E-state index in [0.717, 1.165) is 23.7 Å². The number of alkyl carbamates (subject to hydrolysis) is 1. The number of H-pyrrole nitrogens is 1. The average molecular weight is 727 g/mol. The lowest BCUT2D eigenvalue weighted by Gasteiger charge is -2.30. The van der Waals surface area contributed by atoms with Gasteiger partial charge in [0.2, 0.25) is 21.8 Å². The number of hydrogen-bond acceptors (Lipinski definition) is 8. The Kier molecular flexibility index (Phi) is 11.2. The van der Waals surface area contributed by atoms with Crippen LogP contribution < -0.4 is 20.7 Å². The van der Waals surface area contributed by atoms with Crippen LogP contribution in [0.3, 0.4) is 0 Å². The first-order valence-corrected chi connectivity index (χ1v) is 19.3. The predicted molar refractivity (Wildman–Crippen MR) is 191 cm³/mol. The lowest BCUT2D eigenvalue weighted by molar-refractivity contribution is -0.141. The van der Waals surface area contributed by atoms with Crippen molar-refractivity contribution < 1.29 is 37.1 Å². The Morgan fingerprint density at radius 1 is 1.10 bits per heavy atom. The number of hydrogen-bond donors (Lipinski definition) is 5. The molecule has 1 saturated carbocycles. The second kappa shape index (κ2) is 15.1. The van der Waals surface area contributed by atoms with E-state index in [4.69, 9.17) is 4.74 Å². The number of sulfonamides is 1. The van der Waals surface area contributed by atoms with Gasteiger partial charge in [-0.3, -0.25) is 23.9 Å². The van der Waals surface area contributed by atoms with Crippen LogP contribution in [0.2, 0.25) is 0 Å². The Morgan fingerprint density at radius 3 is 2.55 bits per heavy atom.